The average Bonchev–Trinajstić information content (AvgIpc) is 2.58. The Bertz CT molecular complexity index is 505. The van der Waals surface area contributed by atoms with Crippen LogP contribution in [0, 0.1) is 5.92 Å². The van der Waals surface area contributed by atoms with Crippen molar-refractivity contribution >= 4 is 11.9 Å². The predicted octanol–water partition coefficient (Wildman–Crippen LogP) is 1.83. The van der Waals surface area contributed by atoms with Crippen LogP contribution in [-0.2, 0) is 16.0 Å². The van der Waals surface area contributed by atoms with Gasteiger partial charge >= 0.3 is 6.09 Å². The first kappa shape index (κ1) is 20.1. The van der Waals surface area contributed by atoms with Crippen LogP contribution >= 0.6 is 0 Å². The van der Waals surface area contributed by atoms with Crippen molar-refractivity contribution in [1.82, 2.24) is 10.6 Å². The Labute approximate surface area is 144 Å². The van der Waals surface area contributed by atoms with Crippen LogP contribution < -0.4 is 16.4 Å². The summed E-state index contributed by atoms with van der Waals surface area (Å²) in [6, 6.07) is 9.61. The summed E-state index contributed by atoms with van der Waals surface area (Å²) in [4.78, 5) is 23.7. The minimum atomic E-state index is -0.800. The zero-order chi connectivity index (χ0) is 17.9. The summed E-state index contributed by atoms with van der Waals surface area (Å²) in [6.45, 7) is 4.36. The normalized spacial score (nSPS) is 13.4. The molecule has 0 aliphatic rings. The van der Waals surface area contributed by atoms with Gasteiger partial charge in [0.15, 0.2) is 5.78 Å². The molecule has 0 aromatic heterocycles. The molecule has 6 heteroatoms. The third-order valence-electron chi connectivity index (χ3n) is 3.84. The molecular formula is C18H29N3O3. The quantitative estimate of drug-likeness (QED) is 0.448. The summed E-state index contributed by atoms with van der Waals surface area (Å²) in [5.41, 5.74) is 7.22. The molecule has 1 rings (SSSR count). The molecule has 1 amide bonds. The number of unbranched alkanes of at least 4 members (excludes halogenated alkanes) is 1. The van der Waals surface area contributed by atoms with Gasteiger partial charge in [-0.05, 0) is 37.3 Å². The van der Waals surface area contributed by atoms with E-state index in [1.165, 1.54) is 12.7 Å². The molecule has 24 heavy (non-hydrogen) atoms. The lowest BCUT2D eigenvalue weighted by Crippen LogP contribution is -2.55. The van der Waals surface area contributed by atoms with Crippen LogP contribution in [0.1, 0.15) is 32.3 Å². The maximum absolute atomic E-state index is 12.4. The lowest BCUT2D eigenvalue weighted by Gasteiger charge is -2.24. The fourth-order valence-corrected chi connectivity index (χ4v) is 2.40. The average molecular weight is 335 g/mol. The molecule has 0 aliphatic heterocycles. The first-order valence-electron chi connectivity index (χ1n) is 8.36. The number of hydrogen-bond acceptors (Lipinski definition) is 5. The van der Waals surface area contributed by atoms with Gasteiger partial charge in [0.1, 0.15) is 6.17 Å². The summed E-state index contributed by atoms with van der Waals surface area (Å²) in [7, 11) is 1.27. The van der Waals surface area contributed by atoms with E-state index in [2.05, 4.69) is 27.5 Å². The van der Waals surface area contributed by atoms with Crippen molar-refractivity contribution in [3.05, 3.63) is 35.9 Å². The van der Waals surface area contributed by atoms with E-state index in [-0.39, 0.29) is 11.7 Å². The Kier molecular flexibility index (Phi) is 9.04. The number of hydrogen-bond donors (Lipinski definition) is 3. The van der Waals surface area contributed by atoms with Gasteiger partial charge in [-0.2, -0.15) is 0 Å². The summed E-state index contributed by atoms with van der Waals surface area (Å²) < 4.78 is 4.55. The Morgan fingerprint density at radius 2 is 1.83 bits per heavy atom. The second kappa shape index (κ2) is 10.8. The molecule has 1 aromatic rings. The monoisotopic (exact) mass is 335 g/mol. The molecular weight excluding hydrogens is 306 g/mol. The van der Waals surface area contributed by atoms with Gasteiger partial charge in [-0.25, -0.2) is 4.79 Å². The molecule has 0 saturated heterocycles. The minimum Gasteiger partial charge on any atom is -0.453 e. The van der Waals surface area contributed by atoms with Crippen molar-refractivity contribution in [2.24, 2.45) is 11.7 Å². The third-order valence-corrected chi connectivity index (χ3v) is 3.84. The van der Waals surface area contributed by atoms with Gasteiger partial charge in [0.2, 0.25) is 0 Å². The maximum Gasteiger partial charge on any atom is 0.407 e. The van der Waals surface area contributed by atoms with E-state index < -0.39 is 18.3 Å². The Hall–Kier alpha value is -1.92. The highest BCUT2D eigenvalue weighted by Gasteiger charge is 2.28. The number of carbonyl (C=O) groups excluding carboxylic acids is 2. The number of carbonyl (C=O) groups is 2. The summed E-state index contributed by atoms with van der Waals surface area (Å²) in [5, 5.41) is 5.57. The number of ether oxygens (including phenoxy) is 1. The molecule has 2 unspecified atom stereocenters. The lowest BCUT2D eigenvalue weighted by atomic mass is 9.98. The van der Waals surface area contributed by atoms with Crippen molar-refractivity contribution in [3.63, 3.8) is 0 Å². The summed E-state index contributed by atoms with van der Waals surface area (Å²) >= 11 is 0. The molecule has 0 fully saturated rings. The fraction of sp³-hybridized carbons (Fsp3) is 0.556. The first-order chi connectivity index (χ1) is 11.5. The van der Waals surface area contributed by atoms with E-state index in [0.29, 0.717) is 6.54 Å². The molecule has 0 radical (unpaired) electrons. The number of rotatable bonds is 10. The number of nitrogens with two attached hydrogens (primary N) is 1. The number of methoxy groups -OCH3 is 1. The number of nitrogens with one attached hydrogen (secondary N) is 2. The fourth-order valence-electron chi connectivity index (χ4n) is 2.40. The molecule has 4 N–H and O–H groups in total. The van der Waals surface area contributed by atoms with Crippen molar-refractivity contribution < 1.29 is 14.3 Å². The number of ketones is 1. The van der Waals surface area contributed by atoms with Crippen molar-refractivity contribution in [3.8, 4) is 0 Å². The van der Waals surface area contributed by atoms with Gasteiger partial charge in [0.25, 0.3) is 0 Å². The summed E-state index contributed by atoms with van der Waals surface area (Å²) in [5.74, 6) is -0.305. The molecule has 134 valence electrons. The molecule has 0 bridgehead atoms. The van der Waals surface area contributed by atoms with Gasteiger partial charge in [0.05, 0.1) is 13.2 Å². The molecule has 0 aliphatic carbocycles. The largest absolute Gasteiger partial charge is 0.453 e. The van der Waals surface area contributed by atoms with Gasteiger partial charge in [-0.1, -0.05) is 44.2 Å². The molecule has 1 aromatic carbocycles. The standard InChI is InChI=1S/C18H29N3O3/c1-13(2)15(21-18(23)24-3)16(22)17(19)20-12-8-7-11-14-9-5-4-6-10-14/h4-6,9-10,13,15,17,20H,7-8,11-12,19H2,1-3H3,(H,21,23). The molecule has 0 spiro atoms. The molecule has 2 atom stereocenters. The Balaban J connectivity index is 2.32. The highest BCUT2D eigenvalue weighted by atomic mass is 16.5. The van der Waals surface area contributed by atoms with E-state index in [1.54, 1.807) is 0 Å². The minimum absolute atomic E-state index is 0.0671. The number of amides is 1. The van der Waals surface area contributed by atoms with Crippen molar-refractivity contribution in [1.29, 1.82) is 0 Å². The predicted molar refractivity (Wildman–Crippen MR) is 94.5 cm³/mol. The molecule has 0 heterocycles. The Morgan fingerprint density at radius 1 is 1.17 bits per heavy atom. The highest BCUT2D eigenvalue weighted by Crippen LogP contribution is 2.06. The second-order valence-corrected chi connectivity index (χ2v) is 6.13. The molecule has 6 nitrogen and oxygen atoms in total. The van der Waals surface area contributed by atoms with Crippen LogP contribution in [0.25, 0.3) is 0 Å². The van der Waals surface area contributed by atoms with Crippen LogP contribution in [-0.4, -0.2) is 37.7 Å². The topological polar surface area (TPSA) is 93.5 Å². The zero-order valence-corrected chi connectivity index (χ0v) is 14.7. The van der Waals surface area contributed by atoms with E-state index in [0.717, 1.165) is 19.3 Å². The summed E-state index contributed by atoms with van der Waals surface area (Å²) in [6.07, 6.45) is 1.52. The van der Waals surface area contributed by atoms with Crippen LogP contribution in [0.3, 0.4) is 0 Å². The van der Waals surface area contributed by atoms with E-state index in [9.17, 15) is 9.59 Å². The van der Waals surface area contributed by atoms with Gasteiger partial charge in [-0.15, -0.1) is 0 Å². The SMILES string of the molecule is COC(=O)NC(C(=O)C(N)NCCCCc1ccccc1)C(C)C. The Morgan fingerprint density at radius 3 is 2.42 bits per heavy atom. The van der Waals surface area contributed by atoms with E-state index >= 15 is 0 Å². The maximum atomic E-state index is 12.4. The highest BCUT2D eigenvalue weighted by molar-refractivity contribution is 5.91. The first-order valence-corrected chi connectivity index (χ1v) is 8.36. The van der Waals surface area contributed by atoms with Gasteiger partial charge < -0.3 is 15.8 Å². The number of benzene rings is 1. The number of Topliss-reactive ketones (excluding diaryl/α,β-unsaturated/α-hetero) is 1. The zero-order valence-electron chi connectivity index (χ0n) is 14.7. The van der Waals surface area contributed by atoms with Crippen molar-refractivity contribution in [2.75, 3.05) is 13.7 Å². The van der Waals surface area contributed by atoms with Crippen LogP contribution in [0.5, 0.6) is 0 Å². The molecule has 0 saturated carbocycles. The second-order valence-electron chi connectivity index (χ2n) is 6.13. The smallest absolute Gasteiger partial charge is 0.407 e. The van der Waals surface area contributed by atoms with Gasteiger partial charge in [0, 0.05) is 0 Å². The number of alkyl carbamates (subject to hydrolysis) is 1. The van der Waals surface area contributed by atoms with Crippen LogP contribution in [0.2, 0.25) is 0 Å². The van der Waals surface area contributed by atoms with E-state index in [4.69, 9.17) is 5.73 Å². The number of aryl methyl sites for hydroxylation is 1. The van der Waals surface area contributed by atoms with Gasteiger partial charge in [-0.3, -0.25) is 10.1 Å². The van der Waals surface area contributed by atoms with Crippen LogP contribution in [0.4, 0.5) is 4.79 Å². The third kappa shape index (κ3) is 7.10. The van der Waals surface area contributed by atoms with E-state index in [1.807, 2.05) is 32.0 Å². The lowest BCUT2D eigenvalue weighted by molar-refractivity contribution is -0.123. The van der Waals surface area contributed by atoms with Crippen LogP contribution in [0.15, 0.2) is 30.3 Å². The van der Waals surface area contributed by atoms with Crippen molar-refractivity contribution in [2.45, 2.75) is 45.3 Å².